The maximum atomic E-state index is 15.3. The summed E-state index contributed by atoms with van der Waals surface area (Å²) in [6, 6.07) is 6.36. The second-order valence-electron chi connectivity index (χ2n) is 28.7. The SMILES string of the molecule is O=C1N2CN3C(=O)N4CN5C(=O)N6CN7C(=O)N8CN9C(=O)N%10CN%11C(=O)N%12CN%13C(=O)N%14CN1C1C2N2CN%15C(=O)N(CN%16C(=O)N(CN%17C(=O)N(CN%18C(=O)N(CN%19C(=O)N(CN%20C(=O)N(CN1C2=O)C%14C%13%20)C%12C%11%19)C%10C9%18)C8C7%17)C6C5%16)C4C3%15.[NH3+]c1ccc(/C=C\c2ccc([NH3+])cc2)cc1. The van der Waals surface area contributed by atoms with E-state index in [0.29, 0.717) is 0 Å². The number of benzene rings is 2. The molecule has 21 aliphatic heterocycles. The van der Waals surface area contributed by atoms with E-state index in [1.54, 1.807) is 0 Å². The number of hydrogen-bond acceptors (Lipinski definition) is 14. The molecule has 21 fully saturated rings. The molecule has 100 heavy (non-hydrogen) atoms. The van der Waals surface area contributed by atoms with Crippen LogP contribution >= 0.6 is 0 Å². The Morgan fingerprint density at radius 3 is 0.360 bits per heavy atom. The molecule has 6 N–H and O–H groups in total. The average molecular weight is 1380 g/mol. The third-order valence-electron chi connectivity index (χ3n) is 24.4. The molecule has 21 saturated heterocycles. The molecule has 0 aliphatic carbocycles. The van der Waals surface area contributed by atoms with E-state index in [4.69, 9.17) is 0 Å². The van der Waals surface area contributed by atoms with Crippen LogP contribution in [0.15, 0.2) is 48.5 Å². The molecule has 44 nitrogen and oxygen atoms in total. The number of rotatable bonds is 2. The van der Waals surface area contributed by atoms with E-state index in [1.165, 1.54) is 148 Å². The molecule has 0 saturated carbocycles. The maximum absolute atomic E-state index is 15.3. The molecule has 21 aliphatic rings. The Kier molecular flexibility index (Phi) is 9.56. The summed E-state index contributed by atoms with van der Waals surface area (Å²) in [5.74, 6) is 0. The first-order valence-electron chi connectivity index (χ1n) is 32.8. The summed E-state index contributed by atoms with van der Waals surface area (Å²) in [6.45, 7) is -7.10. The van der Waals surface area contributed by atoms with Crippen molar-refractivity contribution in [2.75, 3.05) is 93.4 Å². The lowest BCUT2D eigenvalue weighted by atomic mass is 10.1. The van der Waals surface area contributed by atoms with Gasteiger partial charge >= 0.3 is 84.4 Å². The van der Waals surface area contributed by atoms with Gasteiger partial charge in [-0.15, -0.1) is 0 Å². The zero-order valence-corrected chi connectivity index (χ0v) is 52.4. The standard InChI is InChI=1S/C42H42N28O14.C14H14N2/c71-29-43-1-44-16-18-48(30(44)72)4-52-20-22-56(34(52)76)8-60-24-26-64(38(60)80)12-68-28-27-67(41(68)83)11-63-25-23-59(37(63)79)7-55-21-19-51(33(55)75)3-47(29)17-15(43)45-2-46(16)32(74)50(18)6-54(20)36(78)58(22)10-62(24)40(82)66(26)14-70(28)42(84)69(27)13-65(25)39(81)61(23)9-57(21)35(77)53(19)5-49(17)31(45)73;15-13-7-3-11(4-8-13)1-2-12-5-9-14(16)10-6-12/h15-28H,1-14H2;1-10H,15-16H2/p+2/b;2-1-. The summed E-state index contributed by atoms with van der Waals surface area (Å²) in [5, 5.41) is 0. The van der Waals surface area contributed by atoms with Crippen molar-refractivity contribution in [1.82, 2.24) is 137 Å². The molecule has 0 unspecified atom stereocenters. The van der Waals surface area contributed by atoms with Gasteiger partial charge in [0.2, 0.25) is 0 Å². The first-order chi connectivity index (χ1) is 48.3. The number of carbonyl (C=O) groups is 14. The maximum Gasteiger partial charge on any atom is 0.326 e. The van der Waals surface area contributed by atoms with Gasteiger partial charge in [-0.3, -0.25) is 137 Å². The quantitative estimate of drug-likeness (QED) is 0.266. The second kappa shape index (κ2) is 17.4. The van der Waals surface area contributed by atoms with Crippen LogP contribution in [0, 0.1) is 0 Å². The van der Waals surface area contributed by atoms with Gasteiger partial charge in [0, 0.05) is 0 Å². The Bertz CT molecular complexity index is 3350. The van der Waals surface area contributed by atoms with E-state index < -0.39 is 264 Å². The van der Waals surface area contributed by atoms with Gasteiger partial charge in [0.05, 0.1) is 0 Å². The van der Waals surface area contributed by atoms with E-state index >= 15 is 67.1 Å². The molecule has 28 amide bonds. The number of hydrogen-bond donors (Lipinski definition) is 2. The van der Waals surface area contributed by atoms with Crippen LogP contribution in [0.5, 0.6) is 0 Å². The number of carbonyl (C=O) groups excluding carboxylic acids is 14. The fourth-order valence-corrected chi connectivity index (χ4v) is 20.1. The molecule has 2 aromatic rings. The molecular weight excluding hydrogens is 1320 g/mol. The van der Waals surface area contributed by atoms with Gasteiger partial charge in [-0.05, 0) is 59.7 Å². The minimum absolute atomic E-state index is 0.507. The molecule has 44 heteroatoms. The zero-order valence-electron chi connectivity index (χ0n) is 52.4. The van der Waals surface area contributed by atoms with Gasteiger partial charge in [-0.25, -0.2) is 67.1 Å². The van der Waals surface area contributed by atoms with Crippen LogP contribution in [0.1, 0.15) is 11.1 Å². The summed E-state index contributed by atoms with van der Waals surface area (Å²) in [5.41, 5.74) is 12.2. The van der Waals surface area contributed by atoms with E-state index in [2.05, 4.69) is 47.9 Å². The van der Waals surface area contributed by atoms with Gasteiger partial charge in [0.25, 0.3) is 0 Å². The number of nitrogens with zero attached hydrogens (tertiary/aromatic N) is 28. The third-order valence-corrected chi connectivity index (χ3v) is 24.4. The van der Waals surface area contributed by atoms with Gasteiger partial charge in [0.1, 0.15) is 105 Å². The predicted octanol–water partition coefficient (Wildman–Crippen LogP) is -5.00. The Balaban J connectivity index is 0.000000344. The first-order valence-corrected chi connectivity index (χ1v) is 32.8. The molecule has 2 aromatic carbocycles. The lowest BCUT2D eigenvalue weighted by Gasteiger charge is -2.42. The molecule has 21 heterocycles. The van der Waals surface area contributed by atoms with Crippen LogP contribution in [-0.2, 0) is 0 Å². The van der Waals surface area contributed by atoms with E-state index in [9.17, 15) is 0 Å². The molecule has 0 radical (unpaired) electrons. The summed E-state index contributed by atoms with van der Waals surface area (Å²) in [4.78, 5) is 251. The van der Waals surface area contributed by atoms with Crippen LogP contribution in [0.3, 0.4) is 0 Å². The monoisotopic (exact) mass is 1370 g/mol. The van der Waals surface area contributed by atoms with Crippen molar-refractivity contribution in [3.8, 4) is 0 Å². The molecule has 0 aromatic heterocycles. The van der Waals surface area contributed by atoms with Crippen LogP contribution in [0.2, 0.25) is 0 Å². The third kappa shape index (κ3) is 6.01. The van der Waals surface area contributed by atoms with Gasteiger partial charge < -0.3 is 11.5 Å². The largest absolute Gasteiger partial charge is 0.326 e. The minimum Gasteiger partial charge on any atom is -0.325 e. The van der Waals surface area contributed by atoms with E-state index in [1.807, 2.05) is 24.3 Å². The number of quaternary nitrogens is 2. The zero-order chi connectivity index (χ0) is 67.6. The predicted molar refractivity (Wildman–Crippen MR) is 315 cm³/mol. The molecule has 0 spiro atoms. The van der Waals surface area contributed by atoms with E-state index in [0.717, 1.165) is 11.4 Å². The van der Waals surface area contributed by atoms with Gasteiger partial charge in [-0.2, -0.15) is 0 Å². The van der Waals surface area contributed by atoms with Crippen molar-refractivity contribution in [3.05, 3.63) is 59.7 Å². The van der Waals surface area contributed by atoms with Gasteiger partial charge in [-0.1, -0.05) is 12.2 Å². The summed E-state index contributed by atoms with van der Waals surface area (Å²) >= 11 is 0. The van der Waals surface area contributed by atoms with E-state index in [-0.39, 0.29) is 0 Å². The highest BCUT2D eigenvalue weighted by molar-refractivity contribution is 5.96. The molecule has 23 rings (SSSR count). The highest BCUT2D eigenvalue weighted by Crippen LogP contribution is 2.53. The number of amides is 28. The summed E-state index contributed by atoms with van der Waals surface area (Å²) in [6.07, 6.45) is -13.0. The number of urea groups is 14. The van der Waals surface area contributed by atoms with Crippen LogP contribution in [0.25, 0.3) is 12.2 Å². The molecule has 0 bridgehead atoms. The Morgan fingerprint density at radius 2 is 0.270 bits per heavy atom. The lowest BCUT2D eigenvalue weighted by molar-refractivity contribution is -0.255. The highest BCUT2D eigenvalue weighted by atomic mass is 16.3. The molecule has 514 valence electrons. The van der Waals surface area contributed by atoms with Crippen molar-refractivity contribution in [2.45, 2.75) is 86.3 Å². The Morgan fingerprint density at radius 1 is 0.180 bits per heavy atom. The van der Waals surface area contributed by atoms with Crippen molar-refractivity contribution >= 4 is 108 Å². The van der Waals surface area contributed by atoms with Crippen molar-refractivity contribution in [1.29, 1.82) is 0 Å². The lowest BCUT2D eigenvalue weighted by Crippen LogP contribution is -2.63. The topological polar surface area (TPSA) is 385 Å². The normalized spacial score (nSPS) is 35.6. The highest BCUT2D eigenvalue weighted by Gasteiger charge is 2.77. The smallest absolute Gasteiger partial charge is 0.325 e. The van der Waals surface area contributed by atoms with Crippen LogP contribution in [0.4, 0.5) is 78.5 Å². The Hall–Kier alpha value is -12.1. The second-order valence-corrected chi connectivity index (χ2v) is 28.7. The Labute approximate surface area is 561 Å². The summed E-state index contributed by atoms with van der Waals surface area (Å²) in [7, 11) is 0. The van der Waals surface area contributed by atoms with Crippen molar-refractivity contribution < 1.29 is 78.6 Å². The van der Waals surface area contributed by atoms with Gasteiger partial charge in [0.15, 0.2) is 86.3 Å². The first kappa shape index (κ1) is 54.9. The van der Waals surface area contributed by atoms with Crippen molar-refractivity contribution in [3.63, 3.8) is 0 Å². The molecule has 0 atom stereocenters. The fourth-order valence-electron chi connectivity index (χ4n) is 20.1. The fraction of sp³-hybridized carbons (Fsp3) is 0.500. The average Bonchev–Trinajstić information content (AvgIpc) is 1.53. The summed E-state index contributed by atoms with van der Waals surface area (Å²) < 4.78 is 0. The van der Waals surface area contributed by atoms with Crippen molar-refractivity contribution in [2.24, 2.45) is 0 Å². The molecular formula is C56H58N30O14+2. The van der Waals surface area contributed by atoms with Crippen LogP contribution in [-0.4, -0.2) is 401 Å². The minimum atomic E-state index is -1.23. The van der Waals surface area contributed by atoms with Crippen LogP contribution < -0.4 is 11.5 Å².